The molecule has 2 aromatic rings. The molecule has 0 aliphatic heterocycles. The minimum Gasteiger partial charge on any atom is -0.350 e. The number of likely N-dealkylation sites (N-methyl/N-ethyl adjacent to an activating group) is 1. The third-order valence-corrected chi connectivity index (χ3v) is 3.65. The molecule has 5 heteroatoms. The average molecular weight is 340 g/mol. The lowest BCUT2D eigenvalue weighted by Gasteiger charge is -2.18. The van der Waals surface area contributed by atoms with Crippen LogP contribution in [0.2, 0.25) is 0 Å². The lowest BCUT2D eigenvalue weighted by Crippen LogP contribution is -2.39. The fourth-order valence-corrected chi connectivity index (χ4v) is 2.21. The van der Waals surface area contributed by atoms with Crippen LogP contribution in [0.15, 0.2) is 60.7 Å². The highest BCUT2D eigenvalue weighted by molar-refractivity contribution is 5.94. The van der Waals surface area contributed by atoms with Gasteiger partial charge < -0.3 is 10.2 Å². The second kappa shape index (κ2) is 9.37. The van der Waals surface area contributed by atoms with Gasteiger partial charge in [-0.3, -0.25) is 9.59 Å². The van der Waals surface area contributed by atoms with Crippen LogP contribution in [-0.4, -0.2) is 29.8 Å². The van der Waals surface area contributed by atoms with Crippen LogP contribution in [0, 0.1) is 5.82 Å². The number of hydrogen-bond donors (Lipinski definition) is 1. The Morgan fingerprint density at radius 3 is 2.40 bits per heavy atom. The van der Waals surface area contributed by atoms with Crippen LogP contribution in [-0.2, 0) is 16.1 Å². The van der Waals surface area contributed by atoms with Crippen molar-refractivity contribution in [3.05, 3.63) is 77.6 Å². The Morgan fingerprint density at radius 2 is 1.76 bits per heavy atom. The molecule has 0 unspecified atom stereocenters. The van der Waals surface area contributed by atoms with Crippen molar-refractivity contribution in [2.24, 2.45) is 0 Å². The molecule has 2 aromatic carbocycles. The first-order chi connectivity index (χ1) is 12.1. The van der Waals surface area contributed by atoms with Crippen molar-refractivity contribution in [3.8, 4) is 0 Å². The quantitative estimate of drug-likeness (QED) is 0.788. The summed E-state index contributed by atoms with van der Waals surface area (Å²) in [5.41, 5.74) is 1.72. The topological polar surface area (TPSA) is 49.4 Å². The summed E-state index contributed by atoms with van der Waals surface area (Å²) in [7, 11) is 0. The van der Waals surface area contributed by atoms with Gasteiger partial charge in [-0.25, -0.2) is 4.39 Å². The summed E-state index contributed by atoms with van der Waals surface area (Å²) in [4.78, 5) is 25.7. The first-order valence-electron chi connectivity index (χ1n) is 8.11. The van der Waals surface area contributed by atoms with E-state index >= 15 is 0 Å². The second-order valence-electron chi connectivity index (χ2n) is 5.50. The Bertz CT molecular complexity index is 727. The van der Waals surface area contributed by atoms with Crippen molar-refractivity contribution in [1.82, 2.24) is 10.2 Å². The van der Waals surface area contributed by atoms with E-state index in [1.54, 1.807) is 18.2 Å². The van der Waals surface area contributed by atoms with Crippen LogP contribution < -0.4 is 5.32 Å². The van der Waals surface area contributed by atoms with Crippen molar-refractivity contribution in [2.75, 3.05) is 13.1 Å². The second-order valence-corrected chi connectivity index (χ2v) is 5.50. The molecule has 2 amide bonds. The summed E-state index contributed by atoms with van der Waals surface area (Å²) in [6.07, 6.45) is 3.19. The SMILES string of the molecule is CCN(CC(=O)NCc1ccc(F)cc1)C(=O)/C=C/c1ccccc1. The summed E-state index contributed by atoms with van der Waals surface area (Å²) in [5, 5.41) is 2.73. The van der Waals surface area contributed by atoms with Crippen LogP contribution in [0.3, 0.4) is 0 Å². The molecule has 0 spiro atoms. The fraction of sp³-hybridized carbons (Fsp3) is 0.200. The molecule has 0 aliphatic carbocycles. The van der Waals surface area contributed by atoms with Crippen molar-refractivity contribution in [2.45, 2.75) is 13.5 Å². The largest absolute Gasteiger partial charge is 0.350 e. The molecule has 2 rings (SSSR count). The van der Waals surface area contributed by atoms with Gasteiger partial charge in [-0.05, 0) is 36.3 Å². The molecule has 25 heavy (non-hydrogen) atoms. The van der Waals surface area contributed by atoms with E-state index in [-0.39, 0.29) is 24.2 Å². The van der Waals surface area contributed by atoms with E-state index in [1.165, 1.54) is 23.1 Å². The van der Waals surface area contributed by atoms with Crippen LogP contribution in [0.5, 0.6) is 0 Å². The molecular formula is C20H21FN2O2. The number of hydrogen-bond acceptors (Lipinski definition) is 2. The molecule has 0 heterocycles. The van der Waals surface area contributed by atoms with E-state index in [1.807, 2.05) is 37.3 Å². The van der Waals surface area contributed by atoms with Gasteiger partial charge in [0.15, 0.2) is 0 Å². The first kappa shape index (κ1) is 18.4. The van der Waals surface area contributed by atoms with E-state index in [2.05, 4.69) is 5.32 Å². The Hall–Kier alpha value is -2.95. The van der Waals surface area contributed by atoms with Crippen molar-refractivity contribution in [3.63, 3.8) is 0 Å². The predicted octanol–water partition coefficient (Wildman–Crippen LogP) is 3.00. The summed E-state index contributed by atoms with van der Waals surface area (Å²) >= 11 is 0. The lowest BCUT2D eigenvalue weighted by atomic mass is 10.2. The molecule has 0 atom stereocenters. The lowest BCUT2D eigenvalue weighted by molar-refractivity contribution is -0.132. The van der Waals surface area contributed by atoms with E-state index in [0.29, 0.717) is 13.1 Å². The number of benzene rings is 2. The minimum atomic E-state index is -0.317. The highest BCUT2D eigenvalue weighted by Gasteiger charge is 2.13. The summed E-state index contributed by atoms with van der Waals surface area (Å²) in [6.45, 7) is 2.53. The molecule has 0 aromatic heterocycles. The maximum atomic E-state index is 12.8. The average Bonchev–Trinajstić information content (AvgIpc) is 2.64. The predicted molar refractivity (Wildman–Crippen MR) is 96.0 cm³/mol. The van der Waals surface area contributed by atoms with Crippen molar-refractivity contribution >= 4 is 17.9 Å². The molecular weight excluding hydrogens is 319 g/mol. The third kappa shape index (κ3) is 6.22. The number of nitrogens with zero attached hydrogens (tertiary/aromatic N) is 1. The maximum Gasteiger partial charge on any atom is 0.247 e. The fourth-order valence-electron chi connectivity index (χ4n) is 2.21. The Labute approximate surface area is 147 Å². The van der Waals surface area contributed by atoms with Gasteiger partial charge >= 0.3 is 0 Å². The zero-order valence-corrected chi connectivity index (χ0v) is 14.1. The number of carbonyl (C=O) groups is 2. The number of rotatable bonds is 7. The van der Waals surface area contributed by atoms with Crippen LogP contribution in [0.4, 0.5) is 4.39 Å². The normalized spacial score (nSPS) is 10.6. The minimum absolute atomic E-state index is 0.0182. The molecule has 0 bridgehead atoms. The zero-order valence-electron chi connectivity index (χ0n) is 14.1. The van der Waals surface area contributed by atoms with Gasteiger partial charge in [0.2, 0.25) is 11.8 Å². The Kier molecular flexibility index (Phi) is 6.89. The van der Waals surface area contributed by atoms with E-state index in [4.69, 9.17) is 0 Å². The van der Waals surface area contributed by atoms with E-state index in [9.17, 15) is 14.0 Å². The van der Waals surface area contributed by atoms with Gasteiger partial charge in [0.05, 0.1) is 6.54 Å². The molecule has 0 saturated carbocycles. The number of nitrogens with one attached hydrogen (secondary N) is 1. The summed E-state index contributed by atoms with van der Waals surface area (Å²) < 4.78 is 12.8. The zero-order chi connectivity index (χ0) is 18.1. The highest BCUT2D eigenvalue weighted by Crippen LogP contribution is 2.03. The molecule has 0 aliphatic rings. The van der Waals surface area contributed by atoms with Gasteiger partial charge in [-0.2, -0.15) is 0 Å². The molecule has 0 saturated heterocycles. The third-order valence-electron chi connectivity index (χ3n) is 3.65. The van der Waals surface area contributed by atoms with Gasteiger partial charge in [0, 0.05) is 19.2 Å². The standard InChI is InChI=1S/C20H21FN2O2/c1-2-23(20(25)13-10-16-6-4-3-5-7-16)15-19(24)22-14-17-8-11-18(21)12-9-17/h3-13H,2,14-15H2,1H3,(H,22,24)/b13-10+. The number of amides is 2. The first-order valence-corrected chi connectivity index (χ1v) is 8.11. The molecule has 0 radical (unpaired) electrons. The Morgan fingerprint density at radius 1 is 1.08 bits per heavy atom. The maximum absolute atomic E-state index is 12.8. The Balaban J connectivity index is 1.85. The van der Waals surface area contributed by atoms with Crippen molar-refractivity contribution in [1.29, 1.82) is 0 Å². The van der Waals surface area contributed by atoms with Crippen LogP contribution in [0.1, 0.15) is 18.1 Å². The molecule has 130 valence electrons. The van der Waals surface area contributed by atoms with Gasteiger partial charge in [-0.15, -0.1) is 0 Å². The van der Waals surface area contributed by atoms with E-state index < -0.39 is 0 Å². The number of carbonyl (C=O) groups excluding carboxylic acids is 2. The van der Waals surface area contributed by atoms with Gasteiger partial charge in [0.25, 0.3) is 0 Å². The monoisotopic (exact) mass is 340 g/mol. The van der Waals surface area contributed by atoms with Gasteiger partial charge in [0.1, 0.15) is 5.82 Å². The van der Waals surface area contributed by atoms with Gasteiger partial charge in [-0.1, -0.05) is 42.5 Å². The highest BCUT2D eigenvalue weighted by atomic mass is 19.1. The molecule has 0 fully saturated rings. The van der Waals surface area contributed by atoms with Crippen LogP contribution in [0.25, 0.3) is 6.08 Å². The van der Waals surface area contributed by atoms with E-state index in [0.717, 1.165) is 11.1 Å². The smallest absolute Gasteiger partial charge is 0.247 e. The van der Waals surface area contributed by atoms with Crippen LogP contribution >= 0.6 is 0 Å². The molecule has 1 N–H and O–H groups in total. The number of halogens is 1. The summed E-state index contributed by atoms with van der Waals surface area (Å²) in [5.74, 6) is -0.793. The van der Waals surface area contributed by atoms with Crippen molar-refractivity contribution < 1.29 is 14.0 Å². The summed E-state index contributed by atoms with van der Waals surface area (Å²) in [6, 6.07) is 15.4. The molecule has 4 nitrogen and oxygen atoms in total.